The van der Waals surface area contributed by atoms with Crippen LogP contribution in [0.4, 0.5) is 5.82 Å². The summed E-state index contributed by atoms with van der Waals surface area (Å²) in [7, 11) is 0. The Hall–Kier alpha value is -2.15. The fraction of sp³-hybridized carbons (Fsp3) is 0.429. The molecular formula is C14H17ClN6O. The Morgan fingerprint density at radius 1 is 1.36 bits per heavy atom. The van der Waals surface area contributed by atoms with Crippen molar-refractivity contribution in [2.75, 3.05) is 5.73 Å². The van der Waals surface area contributed by atoms with Gasteiger partial charge in [0, 0.05) is 11.4 Å². The van der Waals surface area contributed by atoms with Crippen LogP contribution in [0, 0.1) is 6.92 Å². The number of hydrogen-bond acceptors (Lipinski definition) is 5. The second kappa shape index (κ2) is 5.92. The minimum atomic E-state index is -0.381. The second-order valence-electron chi connectivity index (χ2n) is 5.34. The van der Waals surface area contributed by atoms with E-state index in [2.05, 4.69) is 25.5 Å². The van der Waals surface area contributed by atoms with Crippen LogP contribution in [-0.4, -0.2) is 26.1 Å². The number of carbonyl (C=O) groups is 1. The Labute approximate surface area is 132 Å². The summed E-state index contributed by atoms with van der Waals surface area (Å²) in [6.45, 7) is 2.23. The second-order valence-corrected chi connectivity index (χ2v) is 5.72. The molecule has 3 rings (SSSR count). The highest BCUT2D eigenvalue weighted by Crippen LogP contribution is 2.22. The fourth-order valence-electron chi connectivity index (χ4n) is 2.66. The van der Waals surface area contributed by atoms with Gasteiger partial charge in [-0.2, -0.15) is 5.10 Å². The van der Waals surface area contributed by atoms with Crippen LogP contribution in [-0.2, 0) is 19.4 Å². The Bertz CT molecular complexity index is 726. The van der Waals surface area contributed by atoms with E-state index in [1.54, 1.807) is 0 Å². The normalized spacial score (nSPS) is 13.7. The van der Waals surface area contributed by atoms with Crippen molar-refractivity contribution in [3.8, 4) is 0 Å². The van der Waals surface area contributed by atoms with Gasteiger partial charge in [-0.1, -0.05) is 11.6 Å². The highest BCUT2D eigenvalue weighted by molar-refractivity contribution is 6.35. The molecule has 1 aliphatic rings. The maximum Gasteiger partial charge on any atom is 0.271 e. The summed E-state index contributed by atoms with van der Waals surface area (Å²) in [5.74, 6) is 0.330. The van der Waals surface area contributed by atoms with E-state index in [0.29, 0.717) is 5.82 Å². The number of aromatic amines is 1. The number of nitrogens with zero attached hydrogens (tertiary/aromatic N) is 3. The number of aromatic nitrogens is 4. The predicted molar refractivity (Wildman–Crippen MR) is 82.6 cm³/mol. The van der Waals surface area contributed by atoms with Gasteiger partial charge in [-0.3, -0.25) is 9.89 Å². The van der Waals surface area contributed by atoms with Crippen molar-refractivity contribution < 1.29 is 4.79 Å². The van der Waals surface area contributed by atoms with Gasteiger partial charge in [-0.15, -0.1) is 0 Å². The van der Waals surface area contributed by atoms with E-state index in [9.17, 15) is 4.79 Å². The van der Waals surface area contributed by atoms with Crippen LogP contribution in [0.2, 0.25) is 5.02 Å². The third kappa shape index (κ3) is 2.76. The number of anilines is 1. The summed E-state index contributed by atoms with van der Waals surface area (Å²) in [4.78, 5) is 21.1. The molecule has 22 heavy (non-hydrogen) atoms. The van der Waals surface area contributed by atoms with Gasteiger partial charge < -0.3 is 11.1 Å². The third-order valence-corrected chi connectivity index (χ3v) is 4.19. The predicted octanol–water partition coefficient (Wildman–Crippen LogP) is 1.55. The van der Waals surface area contributed by atoms with Crippen molar-refractivity contribution in [2.45, 2.75) is 39.2 Å². The van der Waals surface area contributed by atoms with Crippen LogP contribution >= 0.6 is 11.6 Å². The first-order chi connectivity index (χ1) is 10.6. The molecule has 4 N–H and O–H groups in total. The average molecular weight is 321 g/mol. The number of carbonyl (C=O) groups excluding carboxylic acids is 1. The number of aryl methyl sites for hydroxylation is 2. The van der Waals surface area contributed by atoms with Gasteiger partial charge in [-0.25, -0.2) is 9.97 Å². The van der Waals surface area contributed by atoms with Crippen LogP contribution in [0.3, 0.4) is 0 Å². The molecule has 2 aromatic heterocycles. The van der Waals surface area contributed by atoms with Gasteiger partial charge in [0.15, 0.2) is 5.82 Å². The average Bonchev–Trinajstić information content (AvgIpc) is 2.85. The van der Waals surface area contributed by atoms with E-state index < -0.39 is 0 Å². The van der Waals surface area contributed by atoms with Crippen molar-refractivity contribution in [3.05, 3.63) is 33.5 Å². The lowest BCUT2D eigenvalue weighted by Gasteiger charge is -2.17. The first-order valence-electron chi connectivity index (χ1n) is 7.19. The molecule has 0 spiro atoms. The summed E-state index contributed by atoms with van der Waals surface area (Å²) in [5, 5.41) is 9.06. The van der Waals surface area contributed by atoms with Crippen molar-refractivity contribution >= 4 is 23.3 Å². The molecule has 7 nitrogen and oxygen atoms in total. The lowest BCUT2D eigenvalue weighted by atomic mass is 9.95. The Balaban J connectivity index is 1.73. The SMILES string of the molecule is Cc1nc(CNC(=O)c2[nH]nc(N)c2Cl)nc2c1CCCC2. The van der Waals surface area contributed by atoms with Gasteiger partial charge in [-0.05, 0) is 38.2 Å². The number of halogens is 1. The third-order valence-electron chi connectivity index (χ3n) is 3.80. The van der Waals surface area contributed by atoms with Crippen LogP contribution < -0.4 is 11.1 Å². The summed E-state index contributed by atoms with van der Waals surface area (Å²) >= 11 is 5.89. The minimum Gasteiger partial charge on any atom is -0.381 e. The molecule has 2 heterocycles. The van der Waals surface area contributed by atoms with E-state index >= 15 is 0 Å². The summed E-state index contributed by atoms with van der Waals surface area (Å²) in [5.41, 5.74) is 9.01. The molecule has 0 saturated carbocycles. The number of fused-ring (bicyclic) bond motifs is 1. The maximum atomic E-state index is 12.0. The Kier molecular flexibility index (Phi) is 3.98. The van der Waals surface area contributed by atoms with Crippen LogP contribution in [0.1, 0.15) is 46.1 Å². The lowest BCUT2D eigenvalue weighted by molar-refractivity contribution is 0.0945. The van der Waals surface area contributed by atoms with Crippen molar-refractivity contribution in [3.63, 3.8) is 0 Å². The number of nitrogens with one attached hydrogen (secondary N) is 2. The zero-order valence-corrected chi connectivity index (χ0v) is 13.0. The summed E-state index contributed by atoms with van der Waals surface area (Å²) in [6.07, 6.45) is 4.35. The summed E-state index contributed by atoms with van der Waals surface area (Å²) in [6, 6.07) is 0. The molecule has 1 aliphatic carbocycles. The molecule has 1 amide bonds. The Morgan fingerprint density at radius 3 is 2.86 bits per heavy atom. The maximum absolute atomic E-state index is 12.0. The van der Waals surface area contributed by atoms with Crippen LogP contribution in [0.25, 0.3) is 0 Å². The molecule has 2 aromatic rings. The van der Waals surface area contributed by atoms with Gasteiger partial charge in [0.1, 0.15) is 16.5 Å². The van der Waals surface area contributed by atoms with Gasteiger partial charge in [0.2, 0.25) is 0 Å². The number of rotatable bonds is 3. The molecule has 0 radical (unpaired) electrons. The number of H-pyrrole nitrogens is 1. The van der Waals surface area contributed by atoms with Crippen molar-refractivity contribution in [1.29, 1.82) is 0 Å². The van der Waals surface area contributed by atoms with Crippen molar-refractivity contribution in [2.24, 2.45) is 0 Å². The van der Waals surface area contributed by atoms with E-state index in [0.717, 1.165) is 30.7 Å². The standard InChI is InChI=1S/C14H17ClN6O/c1-7-8-4-2-3-5-9(8)19-10(18-7)6-17-14(22)12-11(15)13(16)21-20-12/h2-6H2,1H3,(H,17,22)(H3,16,20,21). The molecular weight excluding hydrogens is 304 g/mol. The molecule has 0 fully saturated rings. The fourth-order valence-corrected chi connectivity index (χ4v) is 2.83. The number of amides is 1. The molecule has 8 heteroatoms. The van der Waals surface area contributed by atoms with Crippen molar-refractivity contribution in [1.82, 2.24) is 25.5 Å². The summed E-state index contributed by atoms with van der Waals surface area (Å²) < 4.78 is 0. The van der Waals surface area contributed by atoms with E-state index in [1.165, 1.54) is 12.0 Å². The van der Waals surface area contributed by atoms with E-state index in [1.807, 2.05) is 6.92 Å². The smallest absolute Gasteiger partial charge is 0.271 e. The number of nitrogens with two attached hydrogens (primary N) is 1. The number of hydrogen-bond donors (Lipinski definition) is 3. The molecule has 0 aromatic carbocycles. The van der Waals surface area contributed by atoms with Gasteiger partial charge in [0.25, 0.3) is 5.91 Å². The highest BCUT2D eigenvalue weighted by Gasteiger charge is 2.18. The quantitative estimate of drug-likeness (QED) is 0.795. The number of nitrogen functional groups attached to an aromatic ring is 1. The van der Waals surface area contributed by atoms with E-state index in [-0.39, 0.29) is 29.0 Å². The minimum absolute atomic E-state index is 0.104. The van der Waals surface area contributed by atoms with Gasteiger partial charge >= 0.3 is 0 Å². The molecule has 0 atom stereocenters. The van der Waals surface area contributed by atoms with Crippen LogP contribution in [0.5, 0.6) is 0 Å². The van der Waals surface area contributed by atoms with Crippen LogP contribution in [0.15, 0.2) is 0 Å². The zero-order chi connectivity index (χ0) is 15.7. The zero-order valence-electron chi connectivity index (χ0n) is 12.2. The lowest BCUT2D eigenvalue weighted by Crippen LogP contribution is -2.25. The molecule has 0 bridgehead atoms. The highest BCUT2D eigenvalue weighted by atomic mass is 35.5. The first-order valence-corrected chi connectivity index (χ1v) is 7.57. The molecule has 0 aliphatic heterocycles. The first kappa shape index (κ1) is 14.8. The molecule has 116 valence electrons. The molecule has 0 saturated heterocycles. The topological polar surface area (TPSA) is 110 Å². The Morgan fingerprint density at radius 2 is 2.14 bits per heavy atom. The van der Waals surface area contributed by atoms with Gasteiger partial charge in [0.05, 0.1) is 6.54 Å². The molecule has 0 unspecified atom stereocenters. The monoisotopic (exact) mass is 320 g/mol. The largest absolute Gasteiger partial charge is 0.381 e. The van der Waals surface area contributed by atoms with E-state index in [4.69, 9.17) is 17.3 Å².